The zero-order valence-corrected chi connectivity index (χ0v) is 14.9. The number of non-ortho nitro benzene ring substituents is 1. The summed E-state index contributed by atoms with van der Waals surface area (Å²) in [4.78, 5) is 36.0. The number of carbonyl (C=O) groups is 2. The van der Waals surface area contributed by atoms with Gasteiger partial charge in [-0.25, -0.2) is 9.36 Å². The summed E-state index contributed by atoms with van der Waals surface area (Å²) in [7, 11) is 0. The first kappa shape index (κ1) is 18.4. The molecule has 0 aliphatic rings. The first-order valence-electron chi connectivity index (χ1n) is 7.90. The van der Waals surface area contributed by atoms with Crippen molar-refractivity contribution in [1.29, 1.82) is 0 Å². The standard InChI is InChI=1S/C18H14ClN3O5/c1-2-27-18(24)21-14-7-6-12(22(25)26)9-13(14)15(20)16(21)17(23)10-4-3-5-11(19)8-10/h3-9H,2,20H2,1H3. The van der Waals surface area contributed by atoms with Crippen molar-refractivity contribution in [1.82, 2.24) is 4.57 Å². The van der Waals surface area contributed by atoms with Crippen LogP contribution >= 0.6 is 11.6 Å². The van der Waals surface area contributed by atoms with Crippen LogP contribution in [0.5, 0.6) is 0 Å². The third kappa shape index (κ3) is 3.22. The van der Waals surface area contributed by atoms with E-state index in [1.165, 1.54) is 30.3 Å². The first-order chi connectivity index (χ1) is 12.8. The minimum Gasteiger partial charge on any atom is -0.449 e. The summed E-state index contributed by atoms with van der Waals surface area (Å²) in [5.41, 5.74) is 6.18. The molecule has 27 heavy (non-hydrogen) atoms. The topological polar surface area (TPSA) is 117 Å². The van der Waals surface area contributed by atoms with E-state index in [2.05, 4.69) is 0 Å². The molecule has 0 amide bonds. The van der Waals surface area contributed by atoms with E-state index in [0.29, 0.717) is 5.02 Å². The quantitative estimate of drug-likeness (QED) is 0.410. The van der Waals surface area contributed by atoms with E-state index in [4.69, 9.17) is 22.1 Å². The van der Waals surface area contributed by atoms with Crippen molar-refractivity contribution in [2.45, 2.75) is 6.92 Å². The molecule has 138 valence electrons. The molecule has 0 bridgehead atoms. The summed E-state index contributed by atoms with van der Waals surface area (Å²) in [5.74, 6) is -0.554. The number of ketones is 1. The molecule has 0 saturated heterocycles. The number of nitrogens with zero attached hydrogens (tertiary/aromatic N) is 2. The molecule has 3 rings (SSSR count). The lowest BCUT2D eigenvalue weighted by atomic mass is 10.1. The highest BCUT2D eigenvalue weighted by Gasteiger charge is 2.27. The summed E-state index contributed by atoms with van der Waals surface area (Å²) in [5, 5.41) is 11.6. The second kappa shape index (κ2) is 7.08. The van der Waals surface area contributed by atoms with E-state index in [1.54, 1.807) is 19.1 Å². The number of halogens is 1. The molecule has 1 aromatic heterocycles. The zero-order valence-electron chi connectivity index (χ0n) is 14.1. The fourth-order valence-corrected chi connectivity index (χ4v) is 2.98. The van der Waals surface area contributed by atoms with Crippen LogP contribution in [-0.4, -0.2) is 28.0 Å². The van der Waals surface area contributed by atoms with Crippen LogP contribution in [0.3, 0.4) is 0 Å². The molecule has 0 aliphatic carbocycles. The number of aromatic nitrogens is 1. The van der Waals surface area contributed by atoms with Gasteiger partial charge in [0.2, 0.25) is 5.78 Å². The SMILES string of the molecule is CCOC(=O)n1c(C(=O)c2cccc(Cl)c2)c(N)c2cc([N+](=O)[O-])ccc21. The predicted octanol–water partition coefficient (Wildman–Crippen LogP) is 4.02. The Balaban J connectivity index is 2.30. The molecule has 0 aliphatic heterocycles. The van der Waals surface area contributed by atoms with Crippen molar-refractivity contribution in [2.75, 3.05) is 12.3 Å². The zero-order chi connectivity index (χ0) is 19.7. The molecule has 2 N–H and O–H groups in total. The third-order valence-corrected chi connectivity index (χ3v) is 4.19. The van der Waals surface area contributed by atoms with Crippen molar-refractivity contribution in [3.05, 3.63) is 68.9 Å². The number of fused-ring (bicyclic) bond motifs is 1. The fourth-order valence-electron chi connectivity index (χ4n) is 2.78. The summed E-state index contributed by atoms with van der Waals surface area (Å²) < 4.78 is 6.06. The summed E-state index contributed by atoms with van der Waals surface area (Å²) in [6.07, 6.45) is -0.807. The van der Waals surface area contributed by atoms with Gasteiger partial charge in [-0.05, 0) is 25.1 Å². The Kier molecular flexibility index (Phi) is 4.83. The number of benzene rings is 2. The Labute approximate surface area is 158 Å². The van der Waals surface area contributed by atoms with E-state index < -0.39 is 16.8 Å². The minimum absolute atomic E-state index is 0.0493. The van der Waals surface area contributed by atoms with Gasteiger partial charge in [0.1, 0.15) is 5.69 Å². The predicted molar refractivity (Wildman–Crippen MR) is 100 cm³/mol. The van der Waals surface area contributed by atoms with Gasteiger partial charge in [0.25, 0.3) is 5.69 Å². The van der Waals surface area contributed by atoms with Crippen molar-refractivity contribution in [3.63, 3.8) is 0 Å². The van der Waals surface area contributed by atoms with Crippen LogP contribution in [0.2, 0.25) is 5.02 Å². The lowest BCUT2D eigenvalue weighted by Crippen LogP contribution is -2.20. The average Bonchev–Trinajstić information content (AvgIpc) is 2.93. The molecular formula is C18H14ClN3O5. The molecular weight excluding hydrogens is 374 g/mol. The van der Waals surface area contributed by atoms with Crippen LogP contribution in [0.1, 0.15) is 23.0 Å². The Bertz CT molecular complexity index is 1090. The Hall–Kier alpha value is -3.39. The van der Waals surface area contributed by atoms with E-state index in [1.807, 2.05) is 0 Å². The van der Waals surface area contributed by atoms with E-state index in [-0.39, 0.29) is 40.1 Å². The van der Waals surface area contributed by atoms with Gasteiger partial charge in [-0.3, -0.25) is 14.9 Å². The Morgan fingerprint density at radius 3 is 2.63 bits per heavy atom. The summed E-state index contributed by atoms with van der Waals surface area (Å²) in [6, 6.07) is 9.97. The second-order valence-electron chi connectivity index (χ2n) is 5.59. The normalized spacial score (nSPS) is 10.7. The minimum atomic E-state index is -0.807. The number of hydrogen-bond donors (Lipinski definition) is 1. The monoisotopic (exact) mass is 387 g/mol. The van der Waals surface area contributed by atoms with Gasteiger partial charge in [-0.15, -0.1) is 0 Å². The molecule has 0 unspecified atom stereocenters. The van der Waals surface area contributed by atoms with Gasteiger partial charge in [0.05, 0.1) is 22.7 Å². The maximum absolute atomic E-state index is 13.0. The van der Waals surface area contributed by atoms with Gasteiger partial charge in [-0.2, -0.15) is 0 Å². The molecule has 1 heterocycles. The van der Waals surface area contributed by atoms with Crippen molar-refractivity contribution < 1.29 is 19.2 Å². The molecule has 0 fully saturated rings. The molecule has 0 radical (unpaired) electrons. The van der Waals surface area contributed by atoms with Gasteiger partial charge in [-0.1, -0.05) is 23.7 Å². The van der Waals surface area contributed by atoms with E-state index >= 15 is 0 Å². The van der Waals surface area contributed by atoms with E-state index in [0.717, 1.165) is 4.57 Å². The number of nitro groups is 1. The highest BCUT2D eigenvalue weighted by molar-refractivity contribution is 6.31. The van der Waals surface area contributed by atoms with Gasteiger partial charge in [0, 0.05) is 28.1 Å². The Morgan fingerprint density at radius 1 is 1.26 bits per heavy atom. The largest absolute Gasteiger partial charge is 0.449 e. The number of nitrogen functional groups attached to an aromatic ring is 1. The Morgan fingerprint density at radius 2 is 2.00 bits per heavy atom. The molecule has 8 nitrogen and oxygen atoms in total. The number of hydrogen-bond acceptors (Lipinski definition) is 6. The molecule has 3 aromatic rings. The number of ether oxygens (including phenoxy) is 1. The number of rotatable bonds is 4. The summed E-state index contributed by atoms with van der Waals surface area (Å²) in [6.45, 7) is 1.70. The molecule has 0 saturated carbocycles. The number of carbonyl (C=O) groups excluding carboxylic acids is 2. The summed E-state index contributed by atoms with van der Waals surface area (Å²) >= 11 is 5.95. The average molecular weight is 388 g/mol. The number of nitro benzene ring substituents is 1. The van der Waals surface area contributed by atoms with Gasteiger partial charge in [0.15, 0.2) is 0 Å². The van der Waals surface area contributed by atoms with E-state index in [9.17, 15) is 19.7 Å². The van der Waals surface area contributed by atoms with Crippen molar-refractivity contribution >= 4 is 45.8 Å². The smallest absolute Gasteiger partial charge is 0.419 e. The lowest BCUT2D eigenvalue weighted by molar-refractivity contribution is -0.384. The van der Waals surface area contributed by atoms with Gasteiger partial charge >= 0.3 is 6.09 Å². The lowest BCUT2D eigenvalue weighted by Gasteiger charge is -2.09. The van der Waals surface area contributed by atoms with Crippen LogP contribution < -0.4 is 5.73 Å². The highest BCUT2D eigenvalue weighted by Crippen LogP contribution is 2.33. The molecule has 9 heteroatoms. The third-order valence-electron chi connectivity index (χ3n) is 3.95. The first-order valence-corrected chi connectivity index (χ1v) is 8.28. The molecule has 0 atom stereocenters. The van der Waals surface area contributed by atoms with Gasteiger partial charge < -0.3 is 10.5 Å². The van der Waals surface area contributed by atoms with Crippen molar-refractivity contribution in [2.24, 2.45) is 0 Å². The maximum Gasteiger partial charge on any atom is 0.419 e. The highest BCUT2D eigenvalue weighted by atomic mass is 35.5. The number of anilines is 1. The fraction of sp³-hybridized carbons (Fsp3) is 0.111. The van der Waals surface area contributed by atoms with Crippen LogP contribution in [0.25, 0.3) is 10.9 Å². The van der Waals surface area contributed by atoms with Crippen LogP contribution in [-0.2, 0) is 4.74 Å². The maximum atomic E-state index is 13.0. The van der Waals surface area contributed by atoms with Crippen molar-refractivity contribution in [3.8, 4) is 0 Å². The molecule has 2 aromatic carbocycles. The molecule has 0 spiro atoms. The van der Waals surface area contributed by atoms with Crippen LogP contribution in [0.15, 0.2) is 42.5 Å². The number of nitrogens with two attached hydrogens (primary N) is 1. The van der Waals surface area contributed by atoms with Crippen LogP contribution in [0, 0.1) is 10.1 Å². The van der Waals surface area contributed by atoms with Crippen LogP contribution in [0.4, 0.5) is 16.2 Å². The second-order valence-corrected chi connectivity index (χ2v) is 6.03.